The van der Waals surface area contributed by atoms with Crippen LogP contribution in [-0.4, -0.2) is 81.7 Å². The zero-order valence-corrected chi connectivity index (χ0v) is 27.1. The zero-order chi connectivity index (χ0) is 35.7. The van der Waals surface area contributed by atoms with Crippen LogP contribution >= 0.6 is 0 Å². The first-order valence-corrected chi connectivity index (χ1v) is 15.8. The third-order valence-electron chi connectivity index (χ3n) is 8.20. The Morgan fingerprint density at radius 3 is 2.02 bits per heavy atom. The summed E-state index contributed by atoms with van der Waals surface area (Å²) in [5.74, 6) is -6.05. The molecule has 0 aromatic heterocycles. The third-order valence-corrected chi connectivity index (χ3v) is 8.20. The summed E-state index contributed by atoms with van der Waals surface area (Å²) in [7, 11) is 0. The first kappa shape index (κ1) is 36.6. The average molecular weight is 677 g/mol. The van der Waals surface area contributed by atoms with Crippen molar-refractivity contribution in [3.05, 3.63) is 95.6 Å². The van der Waals surface area contributed by atoms with Crippen LogP contribution in [-0.2, 0) is 40.0 Å². The van der Waals surface area contributed by atoms with Crippen LogP contribution in [0.25, 0.3) is 11.1 Å². The standard InChI is InChI=1S/C23H27NO5.C13H13NO6/c1-13(2)11-19(24)21(25)20(22(26)27)23(28)29-12-18-16-9-5-3-7-14(16)15-8-4-6-10-17(15)18;15-11(16)6-10-12(17)20-8-14(10)13(18)19-7-9-4-2-1-3-5-9/h3-10,13,18-21,25H,11-12,24H2,1-2H3,(H,26,27);1-5,10H,6-8H2,(H,15,16)/t19-,20?,21+;10-/m00/s1. The Balaban J connectivity index is 0.000000237. The van der Waals surface area contributed by atoms with E-state index < -0.39 is 60.5 Å². The molecule has 0 spiro atoms. The predicted molar refractivity (Wildman–Crippen MR) is 175 cm³/mol. The van der Waals surface area contributed by atoms with Crippen molar-refractivity contribution in [2.45, 2.75) is 57.4 Å². The minimum Gasteiger partial charge on any atom is -0.481 e. The van der Waals surface area contributed by atoms with Crippen LogP contribution in [0, 0.1) is 11.8 Å². The molecular weight excluding hydrogens is 636 g/mol. The summed E-state index contributed by atoms with van der Waals surface area (Å²) in [5, 5.41) is 28.6. The molecule has 3 aromatic rings. The second-order valence-corrected chi connectivity index (χ2v) is 12.2. The van der Waals surface area contributed by atoms with Gasteiger partial charge in [-0.2, -0.15) is 0 Å². The van der Waals surface area contributed by atoms with Crippen LogP contribution in [0.4, 0.5) is 4.79 Å². The van der Waals surface area contributed by atoms with E-state index in [1.165, 1.54) is 0 Å². The summed E-state index contributed by atoms with van der Waals surface area (Å²) in [5.41, 5.74) is 10.9. The number of rotatable bonds is 12. The molecule has 5 N–H and O–H groups in total. The van der Waals surface area contributed by atoms with Crippen molar-refractivity contribution in [3.8, 4) is 11.1 Å². The number of cyclic esters (lactones) is 1. The van der Waals surface area contributed by atoms with Gasteiger partial charge in [-0.25, -0.2) is 9.59 Å². The fourth-order valence-corrected chi connectivity index (χ4v) is 5.80. The topological polar surface area (TPSA) is 203 Å². The lowest BCUT2D eigenvalue weighted by atomic mass is 9.91. The molecule has 5 rings (SSSR count). The number of nitrogens with two attached hydrogens (primary N) is 1. The molecule has 260 valence electrons. The molecule has 13 nitrogen and oxygen atoms in total. The number of fused-ring (bicyclic) bond motifs is 3. The number of benzene rings is 3. The maximum Gasteiger partial charge on any atom is 0.413 e. The fourth-order valence-electron chi connectivity index (χ4n) is 5.80. The molecular formula is C36H40N2O11. The van der Waals surface area contributed by atoms with Gasteiger partial charge in [-0.1, -0.05) is 92.7 Å². The van der Waals surface area contributed by atoms with Crippen molar-refractivity contribution in [2.24, 2.45) is 17.6 Å². The van der Waals surface area contributed by atoms with Crippen LogP contribution < -0.4 is 5.73 Å². The van der Waals surface area contributed by atoms with Gasteiger partial charge in [0.05, 0.1) is 12.5 Å². The molecule has 0 radical (unpaired) electrons. The minimum atomic E-state index is -1.71. The van der Waals surface area contributed by atoms with E-state index in [0.717, 1.165) is 32.7 Å². The van der Waals surface area contributed by atoms with Gasteiger partial charge in [0.15, 0.2) is 12.6 Å². The molecule has 49 heavy (non-hydrogen) atoms. The summed E-state index contributed by atoms with van der Waals surface area (Å²) in [6.07, 6.45) is -2.38. The van der Waals surface area contributed by atoms with Gasteiger partial charge in [0.1, 0.15) is 19.3 Å². The molecule has 1 aliphatic carbocycles. The molecule has 0 saturated carbocycles. The maximum absolute atomic E-state index is 12.6. The Morgan fingerprint density at radius 2 is 1.47 bits per heavy atom. The number of carbonyl (C=O) groups excluding carboxylic acids is 3. The molecule has 2 aliphatic rings. The van der Waals surface area contributed by atoms with E-state index in [4.69, 9.17) is 20.3 Å². The number of hydrogen-bond acceptors (Lipinski definition) is 10. The van der Waals surface area contributed by atoms with Crippen LogP contribution in [0.5, 0.6) is 0 Å². The van der Waals surface area contributed by atoms with Crippen LogP contribution in [0.2, 0.25) is 0 Å². The number of amides is 1. The molecule has 3 aromatic carbocycles. The lowest BCUT2D eigenvalue weighted by Crippen LogP contribution is -2.47. The molecule has 1 heterocycles. The van der Waals surface area contributed by atoms with Crippen LogP contribution in [0.1, 0.15) is 49.3 Å². The highest BCUT2D eigenvalue weighted by Crippen LogP contribution is 2.44. The van der Waals surface area contributed by atoms with E-state index in [9.17, 15) is 34.2 Å². The van der Waals surface area contributed by atoms with Gasteiger partial charge in [0.2, 0.25) is 0 Å². The number of carboxylic acid groups (broad SMARTS) is 2. The number of nitrogens with zero attached hydrogens (tertiary/aromatic N) is 1. The second kappa shape index (κ2) is 16.7. The highest BCUT2D eigenvalue weighted by Gasteiger charge is 2.41. The van der Waals surface area contributed by atoms with Crippen molar-refractivity contribution in [2.75, 3.05) is 13.3 Å². The van der Waals surface area contributed by atoms with Crippen molar-refractivity contribution in [1.29, 1.82) is 0 Å². The second-order valence-electron chi connectivity index (χ2n) is 12.2. The van der Waals surface area contributed by atoms with Crippen molar-refractivity contribution >= 4 is 30.0 Å². The van der Waals surface area contributed by atoms with E-state index in [0.29, 0.717) is 6.42 Å². The number of hydrogen-bond donors (Lipinski definition) is 4. The van der Waals surface area contributed by atoms with Gasteiger partial charge in [-0.05, 0) is 40.2 Å². The molecule has 4 atom stereocenters. The van der Waals surface area contributed by atoms with Gasteiger partial charge in [0, 0.05) is 12.0 Å². The van der Waals surface area contributed by atoms with Gasteiger partial charge >= 0.3 is 30.0 Å². The Hall–Kier alpha value is -5.27. The predicted octanol–water partition coefficient (Wildman–Crippen LogP) is 3.76. The Labute approximate surface area is 283 Å². The van der Waals surface area contributed by atoms with E-state index in [2.05, 4.69) is 4.74 Å². The largest absolute Gasteiger partial charge is 0.481 e. The smallest absolute Gasteiger partial charge is 0.413 e. The van der Waals surface area contributed by atoms with E-state index in [-0.39, 0.29) is 31.8 Å². The molecule has 0 bridgehead atoms. The molecule has 13 heteroatoms. The number of aliphatic hydroxyl groups excluding tert-OH is 1. The molecule has 1 amide bonds. The Morgan fingerprint density at radius 1 is 0.898 bits per heavy atom. The van der Waals surface area contributed by atoms with Crippen LogP contribution in [0.15, 0.2) is 78.9 Å². The lowest BCUT2D eigenvalue weighted by molar-refractivity contribution is -0.165. The molecule has 1 fully saturated rings. The van der Waals surface area contributed by atoms with Crippen molar-refractivity contribution in [3.63, 3.8) is 0 Å². The van der Waals surface area contributed by atoms with Gasteiger partial charge in [-0.3, -0.25) is 19.3 Å². The number of aliphatic carboxylic acids is 2. The first-order valence-electron chi connectivity index (χ1n) is 15.8. The van der Waals surface area contributed by atoms with Gasteiger partial charge < -0.3 is 35.3 Å². The molecule has 1 saturated heterocycles. The number of esters is 2. The first-order chi connectivity index (χ1) is 23.4. The minimum absolute atomic E-state index is 0.00276. The van der Waals surface area contributed by atoms with Crippen LogP contribution in [0.3, 0.4) is 0 Å². The highest BCUT2D eigenvalue weighted by molar-refractivity contribution is 5.95. The van der Waals surface area contributed by atoms with Gasteiger partial charge in [-0.15, -0.1) is 0 Å². The monoisotopic (exact) mass is 676 g/mol. The van der Waals surface area contributed by atoms with Gasteiger partial charge in [0.25, 0.3) is 0 Å². The highest BCUT2D eigenvalue weighted by atomic mass is 16.6. The lowest BCUT2D eigenvalue weighted by Gasteiger charge is -2.25. The van der Waals surface area contributed by atoms with Crippen molar-refractivity contribution in [1.82, 2.24) is 4.90 Å². The average Bonchev–Trinajstić information content (AvgIpc) is 3.59. The fraction of sp³-hybridized carbons (Fsp3) is 0.361. The summed E-state index contributed by atoms with van der Waals surface area (Å²) in [4.78, 5) is 59.1. The molecule has 1 aliphatic heterocycles. The normalized spacial score (nSPS) is 16.7. The van der Waals surface area contributed by atoms with E-state index >= 15 is 0 Å². The zero-order valence-electron chi connectivity index (χ0n) is 27.1. The molecule has 1 unspecified atom stereocenters. The number of carbonyl (C=O) groups is 5. The summed E-state index contributed by atoms with van der Waals surface area (Å²) in [6.45, 7) is 3.59. The Kier molecular flexibility index (Phi) is 12.5. The summed E-state index contributed by atoms with van der Waals surface area (Å²) in [6, 6.07) is 22.8. The maximum atomic E-state index is 12.6. The Bertz CT molecular complexity index is 1600. The van der Waals surface area contributed by atoms with E-state index in [1.807, 2.05) is 68.4 Å². The summed E-state index contributed by atoms with van der Waals surface area (Å²) < 4.78 is 15.1. The number of aliphatic hydroxyl groups is 1. The number of ether oxygens (including phenoxy) is 3. The number of carboxylic acids is 2. The van der Waals surface area contributed by atoms with E-state index in [1.54, 1.807) is 24.3 Å². The third kappa shape index (κ3) is 9.21. The summed E-state index contributed by atoms with van der Waals surface area (Å²) >= 11 is 0. The van der Waals surface area contributed by atoms with Crippen molar-refractivity contribution < 1.29 is 53.5 Å². The quantitative estimate of drug-likeness (QED) is 0.123. The SMILES string of the molecule is CC(C)C[C@H](N)[C@@H](O)C(C(=O)O)C(=O)OCC1c2ccccc2-c2ccccc21.O=C(O)C[C@H]1C(=O)OCN1C(=O)OCc1ccccc1.